The normalized spacial score (nSPS) is 14.5. The number of rotatable bonds is 8. The first-order valence-electron chi connectivity index (χ1n) is 10.5. The largest absolute Gasteiger partial charge is 0.494 e. The second-order valence-corrected chi connectivity index (χ2v) is 7.02. The Hall–Kier alpha value is -3.22. The van der Waals surface area contributed by atoms with Crippen LogP contribution in [-0.4, -0.2) is 31.6 Å². The van der Waals surface area contributed by atoms with E-state index in [4.69, 9.17) is 15.2 Å². The maximum atomic E-state index is 12.1. The highest BCUT2D eigenvalue weighted by Gasteiger charge is 2.19. The van der Waals surface area contributed by atoms with E-state index in [1.54, 1.807) is 0 Å². The number of guanidine groups is 1. The second-order valence-electron chi connectivity index (χ2n) is 7.02. The molecular formula is C23H30N4O3. The summed E-state index contributed by atoms with van der Waals surface area (Å²) in [6.07, 6.45) is 2.66. The Bertz CT molecular complexity index is 881. The topological polar surface area (TPSA) is 89.2 Å². The molecule has 1 amide bonds. The minimum atomic E-state index is 0.194. The lowest BCUT2D eigenvalue weighted by Gasteiger charge is -2.26. The van der Waals surface area contributed by atoms with Crippen molar-refractivity contribution in [2.45, 2.75) is 39.7 Å². The van der Waals surface area contributed by atoms with Gasteiger partial charge in [-0.05, 0) is 56.5 Å². The molecule has 1 aliphatic heterocycles. The first-order chi connectivity index (χ1) is 14.6. The molecule has 0 aromatic heterocycles. The van der Waals surface area contributed by atoms with E-state index in [0.717, 1.165) is 36.4 Å². The molecule has 30 heavy (non-hydrogen) atoms. The summed E-state index contributed by atoms with van der Waals surface area (Å²) in [5, 5.41) is 3.10. The van der Waals surface area contributed by atoms with E-state index in [9.17, 15) is 4.79 Å². The van der Waals surface area contributed by atoms with Gasteiger partial charge in [0, 0.05) is 24.7 Å². The lowest BCUT2D eigenvalue weighted by molar-refractivity contribution is -0.119. The fourth-order valence-electron chi connectivity index (χ4n) is 3.36. The van der Waals surface area contributed by atoms with Gasteiger partial charge in [-0.15, -0.1) is 0 Å². The molecule has 2 aromatic carbocycles. The number of aliphatic imine (C=N–C) groups is 1. The molecular weight excluding hydrogens is 380 g/mol. The molecule has 0 saturated carbocycles. The van der Waals surface area contributed by atoms with Crippen molar-refractivity contribution in [3.05, 3.63) is 48.0 Å². The third-order valence-electron chi connectivity index (χ3n) is 4.83. The fourth-order valence-corrected chi connectivity index (χ4v) is 3.36. The highest BCUT2D eigenvalue weighted by molar-refractivity contribution is 5.94. The zero-order valence-electron chi connectivity index (χ0n) is 17.7. The van der Waals surface area contributed by atoms with Crippen molar-refractivity contribution < 1.29 is 14.3 Å². The van der Waals surface area contributed by atoms with Crippen molar-refractivity contribution in [3.63, 3.8) is 0 Å². The molecule has 7 nitrogen and oxygen atoms in total. The standard InChI is InChI=1S/C23H30N4O3/c1-3-29-19-12-13-21(30-4-2)20(15-19)26-23(24)25-16-17-8-10-18(11-9-17)27-14-6-5-7-22(27)28/h8-13,15H,3-7,14,16H2,1-2H3,(H3,24,25,26). The maximum Gasteiger partial charge on any atom is 0.226 e. The molecule has 2 aromatic rings. The number of hydrogen-bond donors (Lipinski definition) is 2. The third kappa shape index (κ3) is 5.65. The van der Waals surface area contributed by atoms with Crippen LogP contribution in [0.15, 0.2) is 47.5 Å². The Labute approximate surface area is 177 Å². The van der Waals surface area contributed by atoms with Crippen molar-refractivity contribution >= 4 is 23.2 Å². The van der Waals surface area contributed by atoms with Crippen LogP contribution in [0.25, 0.3) is 0 Å². The van der Waals surface area contributed by atoms with Gasteiger partial charge in [-0.3, -0.25) is 4.79 Å². The van der Waals surface area contributed by atoms with E-state index in [0.29, 0.717) is 43.6 Å². The SMILES string of the molecule is CCOc1ccc(OCC)c(NC(N)=NCc2ccc(N3CCCCC3=O)cc2)c1. The number of amides is 1. The lowest BCUT2D eigenvalue weighted by atomic mass is 10.1. The van der Waals surface area contributed by atoms with Gasteiger partial charge in [0.25, 0.3) is 0 Å². The van der Waals surface area contributed by atoms with Gasteiger partial charge in [0.2, 0.25) is 5.91 Å². The smallest absolute Gasteiger partial charge is 0.226 e. The summed E-state index contributed by atoms with van der Waals surface area (Å²) < 4.78 is 11.2. The summed E-state index contributed by atoms with van der Waals surface area (Å²) in [7, 11) is 0. The number of carbonyl (C=O) groups is 1. The van der Waals surface area contributed by atoms with Gasteiger partial charge in [-0.1, -0.05) is 12.1 Å². The number of hydrogen-bond acceptors (Lipinski definition) is 4. The van der Waals surface area contributed by atoms with Crippen LogP contribution >= 0.6 is 0 Å². The average Bonchev–Trinajstić information content (AvgIpc) is 2.75. The Kier molecular flexibility index (Phi) is 7.54. The average molecular weight is 411 g/mol. The Balaban J connectivity index is 1.65. The Morgan fingerprint density at radius 3 is 2.57 bits per heavy atom. The minimum absolute atomic E-state index is 0.194. The fraction of sp³-hybridized carbons (Fsp3) is 0.391. The highest BCUT2D eigenvalue weighted by atomic mass is 16.5. The van der Waals surface area contributed by atoms with Crippen LogP contribution in [0.2, 0.25) is 0 Å². The van der Waals surface area contributed by atoms with Gasteiger partial charge >= 0.3 is 0 Å². The van der Waals surface area contributed by atoms with Crippen LogP contribution in [0.5, 0.6) is 11.5 Å². The van der Waals surface area contributed by atoms with E-state index >= 15 is 0 Å². The van der Waals surface area contributed by atoms with E-state index in [1.807, 2.05) is 61.2 Å². The molecule has 1 aliphatic rings. The van der Waals surface area contributed by atoms with Crippen molar-refractivity contribution in [1.82, 2.24) is 0 Å². The zero-order chi connectivity index (χ0) is 21.3. The van der Waals surface area contributed by atoms with Gasteiger partial charge in [0.1, 0.15) is 11.5 Å². The van der Waals surface area contributed by atoms with Gasteiger partial charge in [0.15, 0.2) is 5.96 Å². The molecule has 1 saturated heterocycles. The van der Waals surface area contributed by atoms with E-state index in [1.165, 1.54) is 0 Å². The number of carbonyl (C=O) groups excluding carboxylic acids is 1. The predicted molar refractivity (Wildman–Crippen MR) is 120 cm³/mol. The van der Waals surface area contributed by atoms with Crippen LogP contribution in [0.1, 0.15) is 38.7 Å². The molecule has 1 fully saturated rings. The Morgan fingerprint density at radius 2 is 1.87 bits per heavy atom. The third-order valence-corrected chi connectivity index (χ3v) is 4.83. The maximum absolute atomic E-state index is 12.1. The van der Waals surface area contributed by atoms with Crippen LogP contribution in [-0.2, 0) is 11.3 Å². The van der Waals surface area contributed by atoms with Gasteiger partial charge in [-0.2, -0.15) is 0 Å². The molecule has 1 heterocycles. The van der Waals surface area contributed by atoms with Gasteiger partial charge < -0.3 is 25.4 Å². The van der Waals surface area contributed by atoms with Crippen LogP contribution in [0.4, 0.5) is 11.4 Å². The first-order valence-corrected chi connectivity index (χ1v) is 10.5. The molecule has 0 spiro atoms. The van der Waals surface area contributed by atoms with Crippen LogP contribution in [0, 0.1) is 0 Å². The molecule has 3 N–H and O–H groups in total. The van der Waals surface area contributed by atoms with E-state index in [-0.39, 0.29) is 5.91 Å². The van der Waals surface area contributed by atoms with Crippen molar-refractivity contribution in [3.8, 4) is 11.5 Å². The van der Waals surface area contributed by atoms with Crippen molar-refractivity contribution in [1.29, 1.82) is 0 Å². The van der Waals surface area contributed by atoms with E-state index < -0.39 is 0 Å². The van der Waals surface area contributed by atoms with Crippen LogP contribution < -0.4 is 25.4 Å². The zero-order valence-corrected chi connectivity index (χ0v) is 17.7. The summed E-state index contributed by atoms with van der Waals surface area (Å²) >= 11 is 0. The molecule has 0 unspecified atom stereocenters. The molecule has 0 atom stereocenters. The predicted octanol–water partition coefficient (Wildman–Crippen LogP) is 3.93. The number of nitrogens with one attached hydrogen (secondary N) is 1. The summed E-state index contributed by atoms with van der Waals surface area (Å²) in [6, 6.07) is 13.5. The van der Waals surface area contributed by atoms with Crippen LogP contribution in [0.3, 0.4) is 0 Å². The molecule has 0 aliphatic carbocycles. The summed E-state index contributed by atoms with van der Waals surface area (Å²) in [4.78, 5) is 18.4. The monoisotopic (exact) mass is 410 g/mol. The first kappa shape index (κ1) is 21.5. The number of ether oxygens (including phenoxy) is 2. The summed E-state index contributed by atoms with van der Waals surface area (Å²) in [5.41, 5.74) is 8.76. The number of benzene rings is 2. The summed E-state index contributed by atoms with van der Waals surface area (Å²) in [6.45, 7) is 6.21. The summed E-state index contributed by atoms with van der Waals surface area (Å²) in [5.74, 6) is 1.91. The number of nitrogens with two attached hydrogens (primary N) is 1. The molecule has 160 valence electrons. The highest BCUT2D eigenvalue weighted by Crippen LogP contribution is 2.29. The molecule has 0 bridgehead atoms. The van der Waals surface area contributed by atoms with Crippen molar-refractivity contribution in [2.75, 3.05) is 30.0 Å². The molecule has 0 radical (unpaired) electrons. The minimum Gasteiger partial charge on any atom is -0.494 e. The number of piperidine rings is 1. The number of anilines is 2. The van der Waals surface area contributed by atoms with Crippen molar-refractivity contribution in [2.24, 2.45) is 10.7 Å². The second kappa shape index (κ2) is 10.5. The quantitative estimate of drug-likeness (QED) is 0.508. The Morgan fingerprint density at radius 1 is 1.10 bits per heavy atom. The lowest BCUT2D eigenvalue weighted by Crippen LogP contribution is -2.35. The van der Waals surface area contributed by atoms with Gasteiger partial charge in [0.05, 0.1) is 25.4 Å². The number of nitrogens with zero attached hydrogens (tertiary/aromatic N) is 2. The molecule has 7 heteroatoms. The van der Waals surface area contributed by atoms with Gasteiger partial charge in [-0.25, -0.2) is 4.99 Å². The molecule has 3 rings (SSSR count). The van der Waals surface area contributed by atoms with E-state index in [2.05, 4.69) is 10.3 Å².